The first kappa shape index (κ1) is 24.1. The first-order valence-corrected chi connectivity index (χ1v) is 12.9. The van der Waals surface area contributed by atoms with E-state index in [0.717, 1.165) is 29.7 Å². The van der Waals surface area contributed by atoms with E-state index in [9.17, 15) is 14.9 Å². The van der Waals surface area contributed by atoms with Crippen LogP contribution in [0.2, 0.25) is 0 Å². The Morgan fingerprint density at radius 1 is 1.06 bits per heavy atom. The zero-order valence-electron chi connectivity index (χ0n) is 16.7. The molecule has 0 spiro atoms. The highest BCUT2D eigenvalue weighted by molar-refractivity contribution is 14.1. The molecule has 0 atom stereocenters. The van der Waals surface area contributed by atoms with E-state index in [0.29, 0.717) is 15.8 Å². The van der Waals surface area contributed by atoms with E-state index in [4.69, 9.17) is 17.0 Å². The minimum absolute atomic E-state index is 0.0462. The maximum atomic E-state index is 13.0. The number of nitrogens with zero attached hydrogens (tertiary/aromatic N) is 2. The zero-order chi connectivity index (χ0) is 23.5. The van der Waals surface area contributed by atoms with Gasteiger partial charge in [0.15, 0.2) is 4.32 Å². The number of hydrogen-bond acceptors (Lipinski definition) is 6. The second-order valence-electron chi connectivity index (χ2n) is 6.88. The molecule has 1 aliphatic heterocycles. The quantitative estimate of drug-likeness (QED) is 0.0928. The van der Waals surface area contributed by atoms with E-state index in [-0.39, 0.29) is 11.6 Å². The summed E-state index contributed by atoms with van der Waals surface area (Å²) >= 11 is 11.1. The summed E-state index contributed by atoms with van der Waals surface area (Å²) in [7, 11) is 0. The van der Waals surface area contributed by atoms with Crippen molar-refractivity contribution in [3.8, 4) is 5.75 Å². The van der Waals surface area contributed by atoms with Crippen molar-refractivity contribution in [2.24, 2.45) is 0 Å². The number of nitro groups is 1. The van der Waals surface area contributed by atoms with Gasteiger partial charge in [-0.3, -0.25) is 19.8 Å². The Balaban J connectivity index is 1.51. The zero-order valence-corrected chi connectivity index (χ0v) is 22.7. The van der Waals surface area contributed by atoms with E-state index < -0.39 is 4.92 Å². The van der Waals surface area contributed by atoms with Gasteiger partial charge in [0.25, 0.3) is 11.6 Å². The van der Waals surface area contributed by atoms with Gasteiger partial charge in [-0.25, -0.2) is 0 Å². The number of anilines is 1. The van der Waals surface area contributed by atoms with Gasteiger partial charge in [0, 0.05) is 12.1 Å². The van der Waals surface area contributed by atoms with Crippen LogP contribution in [0.5, 0.6) is 5.75 Å². The van der Waals surface area contributed by atoms with Crippen LogP contribution in [0.25, 0.3) is 6.08 Å². The fraction of sp³-hybridized carbons (Fsp3) is 0.0435. The second kappa shape index (κ2) is 10.5. The molecule has 3 aromatic carbocycles. The summed E-state index contributed by atoms with van der Waals surface area (Å²) in [4.78, 5) is 25.4. The number of nitro benzene ring substituents is 1. The molecule has 0 aliphatic carbocycles. The van der Waals surface area contributed by atoms with Gasteiger partial charge in [0.1, 0.15) is 12.4 Å². The summed E-state index contributed by atoms with van der Waals surface area (Å²) in [5.74, 6) is 0.586. The Kier molecular flexibility index (Phi) is 7.66. The molecule has 0 N–H and O–H groups in total. The number of rotatable bonds is 6. The van der Waals surface area contributed by atoms with Crippen LogP contribution in [-0.2, 0) is 11.4 Å². The number of thiocarbonyl (C=S) groups is 1. The van der Waals surface area contributed by atoms with Crippen molar-refractivity contribution in [2.75, 3.05) is 4.90 Å². The molecule has 0 bridgehead atoms. The van der Waals surface area contributed by atoms with Crippen molar-refractivity contribution in [3.05, 3.63) is 100 Å². The summed E-state index contributed by atoms with van der Waals surface area (Å²) < 4.78 is 8.28. The Morgan fingerprint density at radius 2 is 1.70 bits per heavy atom. The lowest BCUT2D eigenvalue weighted by Gasteiger charge is -2.14. The van der Waals surface area contributed by atoms with Crippen LogP contribution in [0, 0.1) is 17.3 Å². The molecule has 1 amide bonds. The van der Waals surface area contributed by atoms with E-state index in [2.05, 4.69) is 45.2 Å². The van der Waals surface area contributed by atoms with Gasteiger partial charge in [-0.15, -0.1) is 0 Å². The monoisotopic (exact) mass is 700 g/mol. The Morgan fingerprint density at radius 3 is 2.30 bits per heavy atom. The predicted octanol–water partition coefficient (Wildman–Crippen LogP) is 6.79. The molecule has 0 saturated carbocycles. The largest absolute Gasteiger partial charge is 0.487 e. The van der Waals surface area contributed by atoms with Crippen molar-refractivity contribution in [3.63, 3.8) is 0 Å². The van der Waals surface area contributed by atoms with Crippen LogP contribution in [0.1, 0.15) is 11.1 Å². The molecular formula is C23H14I2N2O4S2. The van der Waals surface area contributed by atoms with Crippen molar-refractivity contribution in [1.29, 1.82) is 0 Å². The third-order valence-corrected chi connectivity index (χ3v) is 7.56. The fourth-order valence-electron chi connectivity index (χ4n) is 3.09. The molecule has 6 nitrogen and oxygen atoms in total. The van der Waals surface area contributed by atoms with Crippen LogP contribution in [0.3, 0.4) is 0 Å². The van der Waals surface area contributed by atoms with E-state index in [1.165, 1.54) is 23.9 Å². The number of benzene rings is 3. The fourth-order valence-corrected chi connectivity index (χ4v) is 6.52. The molecule has 1 saturated heterocycles. The predicted molar refractivity (Wildman–Crippen MR) is 151 cm³/mol. The number of ether oxygens (including phenoxy) is 1. The summed E-state index contributed by atoms with van der Waals surface area (Å²) in [6.07, 6.45) is 1.84. The number of para-hydroxylation sites is 1. The van der Waals surface area contributed by atoms with Gasteiger partial charge in [-0.1, -0.05) is 42.2 Å². The highest BCUT2D eigenvalue weighted by Gasteiger charge is 2.33. The van der Waals surface area contributed by atoms with E-state index >= 15 is 0 Å². The molecule has 1 aliphatic rings. The molecule has 166 valence electrons. The maximum absolute atomic E-state index is 13.0. The van der Waals surface area contributed by atoms with Crippen molar-refractivity contribution in [1.82, 2.24) is 0 Å². The molecule has 33 heavy (non-hydrogen) atoms. The average Bonchev–Trinajstić information content (AvgIpc) is 3.06. The van der Waals surface area contributed by atoms with Crippen LogP contribution in [0.4, 0.5) is 11.4 Å². The second-order valence-corrected chi connectivity index (χ2v) is 10.9. The van der Waals surface area contributed by atoms with E-state index in [1.807, 2.05) is 48.5 Å². The van der Waals surface area contributed by atoms with Gasteiger partial charge in [-0.05, 0) is 98.8 Å². The van der Waals surface area contributed by atoms with Gasteiger partial charge in [0.05, 0.1) is 22.7 Å². The molecular weight excluding hydrogens is 686 g/mol. The van der Waals surface area contributed by atoms with E-state index in [1.54, 1.807) is 17.0 Å². The minimum Gasteiger partial charge on any atom is -0.487 e. The molecule has 1 fully saturated rings. The van der Waals surface area contributed by atoms with Crippen molar-refractivity contribution >= 4 is 96.8 Å². The van der Waals surface area contributed by atoms with Crippen molar-refractivity contribution in [2.45, 2.75) is 6.61 Å². The number of thioether (sulfide) groups is 1. The topological polar surface area (TPSA) is 72.7 Å². The maximum Gasteiger partial charge on any atom is 0.270 e. The Hall–Kier alpha value is -2.03. The third kappa shape index (κ3) is 5.55. The number of carbonyl (C=O) groups is 1. The van der Waals surface area contributed by atoms with Gasteiger partial charge < -0.3 is 4.74 Å². The first-order valence-electron chi connectivity index (χ1n) is 9.51. The number of hydrogen-bond donors (Lipinski definition) is 0. The van der Waals surface area contributed by atoms with Crippen molar-refractivity contribution < 1.29 is 14.5 Å². The average molecular weight is 700 g/mol. The van der Waals surface area contributed by atoms with Gasteiger partial charge >= 0.3 is 0 Å². The number of halogens is 2. The summed E-state index contributed by atoms with van der Waals surface area (Å²) in [5, 5.41) is 10.8. The highest BCUT2D eigenvalue weighted by Crippen LogP contribution is 2.37. The minimum atomic E-state index is -0.428. The lowest BCUT2D eigenvalue weighted by Crippen LogP contribution is -2.27. The highest BCUT2D eigenvalue weighted by atomic mass is 127. The lowest BCUT2D eigenvalue weighted by atomic mass is 10.2. The molecule has 0 unspecified atom stereocenters. The molecule has 3 aromatic rings. The van der Waals surface area contributed by atoms with Crippen LogP contribution in [-0.4, -0.2) is 15.2 Å². The number of carbonyl (C=O) groups excluding carboxylic acids is 1. The van der Waals surface area contributed by atoms with Crippen LogP contribution < -0.4 is 9.64 Å². The normalized spacial score (nSPS) is 14.7. The summed E-state index contributed by atoms with van der Waals surface area (Å²) in [5.41, 5.74) is 2.51. The number of amides is 1. The standard InChI is InChI=1S/C23H14I2N2O4S2/c24-18-10-15(12-20-22(28)26(23(32)33-20)16-4-2-1-3-5-16)11-19(25)21(18)31-13-14-6-8-17(9-7-14)27(29)30/h1-12H,13H2/b20-12+. The molecule has 1 heterocycles. The summed E-state index contributed by atoms with van der Waals surface area (Å²) in [6, 6.07) is 19.5. The molecule has 4 rings (SSSR count). The smallest absolute Gasteiger partial charge is 0.270 e. The van der Waals surface area contributed by atoms with Gasteiger partial charge in [-0.2, -0.15) is 0 Å². The number of non-ortho nitro benzene ring substituents is 1. The molecule has 0 aromatic heterocycles. The third-order valence-electron chi connectivity index (χ3n) is 4.66. The SMILES string of the molecule is O=C1/C(=C\c2cc(I)c(OCc3ccc([N+](=O)[O-])cc3)c(I)c2)SC(=S)N1c1ccccc1. The lowest BCUT2D eigenvalue weighted by molar-refractivity contribution is -0.384. The molecule has 10 heteroatoms. The molecule has 0 radical (unpaired) electrons. The Bertz CT molecular complexity index is 1260. The Labute approximate surface area is 226 Å². The summed E-state index contributed by atoms with van der Waals surface area (Å²) in [6.45, 7) is 0.291. The van der Waals surface area contributed by atoms with Crippen LogP contribution >= 0.6 is 69.2 Å². The van der Waals surface area contributed by atoms with Crippen LogP contribution in [0.15, 0.2) is 71.6 Å². The van der Waals surface area contributed by atoms with Gasteiger partial charge in [0.2, 0.25) is 0 Å². The first-order chi connectivity index (χ1) is 15.8.